The van der Waals surface area contributed by atoms with E-state index in [1.54, 1.807) is 0 Å². The van der Waals surface area contributed by atoms with E-state index in [2.05, 4.69) is 18.6 Å². The molecule has 0 aromatic heterocycles. The van der Waals surface area contributed by atoms with Crippen LogP contribution in [0.5, 0.6) is 0 Å². The molecule has 122 valence electrons. The molecule has 0 spiro atoms. The normalized spacial score (nSPS) is 17.3. The van der Waals surface area contributed by atoms with Gasteiger partial charge in [0.2, 0.25) is 5.91 Å². The Labute approximate surface area is 129 Å². The Bertz CT molecular complexity index is 324. The number of ether oxygens (including phenoxy) is 1. The average molecular weight is 297 g/mol. The Balaban J connectivity index is 2.43. The Hall–Kier alpha value is -1.06. The molecule has 1 aliphatic carbocycles. The van der Waals surface area contributed by atoms with Crippen LogP contribution in [0.4, 0.5) is 0 Å². The molecule has 0 N–H and O–H groups in total. The monoisotopic (exact) mass is 297 g/mol. The van der Waals surface area contributed by atoms with Crippen LogP contribution in [0.3, 0.4) is 0 Å². The third-order valence-corrected chi connectivity index (χ3v) is 4.72. The van der Waals surface area contributed by atoms with Gasteiger partial charge in [-0.15, -0.1) is 0 Å². The van der Waals surface area contributed by atoms with Gasteiger partial charge < -0.3 is 9.64 Å². The molecule has 4 nitrogen and oxygen atoms in total. The van der Waals surface area contributed by atoms with Crippen molar-refractivity contribution in [1.29, 1.82) is 0 Å². The first-order valence-electron chi connectivity index (χ1n) is 8.44. The van der Waals surface area contributed by atoms with E-state index in [0.717, 1.165) is 18.8 Å². The Kier molecular flexibility index (Phi) is 8.40. The smallest absolute Gasteiger partial charge is 0.307 e. The van der Waals surface area contributed by atoms with Crippen molar-refractivity contribution in [2.75, 3.05) is 13.7 Å². The van der Waals surface area contributed by atoms with Crippen LogP contribution in [0.25, 0.3) is 0 Å². The summed E-state index contributed by atoms with van der Waals surface area (Å²) < 4.78 is 4.67. The molecule has 1 rings (SSSR count). The lowest BCUT2D eigenvalue weighted by atomic mass is 9.86. The van der Waals surface area contributed by atoms with Gasteiger partial charge >= 0.3 is 5.97 Å². The molecule has 0 radical (unpaired) electrons. The van der Waals surface area contributed by atoms with Gasteiger partial charge in [-0.3, -0.25) is 9.59 Å². The second kappa shape index (κ2) is 9.80. The highest BCUT2D eigenvalue weighted by molar-refractivity contribution is 5.77. The van der Waals surface area contributed by atoms with Crippen molar-refractivity contribution in [1.82, 2.24) is 4.90 Å². The van der Waals surface area contributed by atoms with Crippen LogP contribution in [0.2, 0.25) is 0 Å². The summed E-state index contributed by atoms with van der Waals surface area (Å²) in [5, 5.41) is 0. The zero-order chi connectivity index (χ0) is 15.7. The number of carbonyl (C=O) groups excluding carboxylic acids is 2. The molecule has 0 heterocycles. The highest BCUT2D eigenvalue weighted by Gasteiger charge is 2.21. The molecular weight excluding hydrogens is 266 g/mol. The molecule has 0 aromatic carbocycles. The number of amides is 1. The largest absolute Gasteiger partial charge is 0.469 e. The minimum Gasteiger partial charge on any atom is -0.469 e. The Morgan fingerprint density at radius 1 is 1.19 bits per heavy atom. The summed E-state index contributed by atoms with van der Waals surface area (Å²) in [4.78, 5) is 25.6. The predicted molar refractivity (Wildman–Crippen MR) is 83.9 cm³/mol. The van der Waals surface area contributed by atoms with E-state index in [0.29, 0.717) is 13.0 Å². The van der Waals surface area contributed by atoms with E-state index in [-0.39, 0.29) is 24.3 Å². The van der Waals surface area contributed by atoms with E-state index < -0.39 is 0 Å². The summed E-state index contributed by atoms with van der Waals surface area (Å²) >= 11 is 0. The van der Waals surface area contributed by atoms with Crippen molar-refractivity contribution in [3.8, 4) is 0 Å². The van der Waals surface area contributed by atoms with Gasteiger partial charge in [-0.25, -0.2) is 0 Å². The van der Waals surface area contributed by atoms with Crippen LogP contribution in [0.1, 0.15) is 71.6 Å². The summed E-state index contributed by atoms with van der Waals surface area (Å²) in [5.74, 6) is 0.671. The summed E-state index contributed by atoms with van der Waals surface area (Å²) in [6.07, 6.45) is 9.36. The van der Waals surface area contributed by atoms with Crippen molar-refractivity contribution < 1.29 is 14.3 Å². The minimum atomic E-state index is -0.247. The molecule has 0 aliphatic heterocycles. The first kappa shape index (κ1) is 18.0. The van der Waals surface area contributed by atoms with E-state index >= 15 is 0 Å². The average Bonchev–Trinajstić information content (AvgIpc) is 2.53. The van der Waals surface area contributed by atoms with Crippen LogP contribution in [0, 0.1) is 5.92 Å². The summed E-state index contributed by atoms with van der Waals surface area (Å²) in [7, 11) is 1.39. The lowest BCUT2D eigenvalue weighted by Gasteiger charge is -2.29. The van der Waals surface area contributed by atoms with Crippen LogP contribution in [0.15, 0.2) is 0 Å². The maximum Gasteiger partial charge on any atom is 0.307 e. The highest BCUT2D eigenvalue weighted by atomic mass is 16.5. The lowest BCUT2D eigenvalue weighted by Crippen LogP contribution is -2.40. The highest BCUT2D eigenvalue weighted by Crippen LogP contribution is 2.27. The van der Waals surface area contributed by atoms with Crippen molar-refractivity contribution in [3.05, 3.63) is 0 Å². The van der Waals surface area contributed by atoms with E-state index in [1.165, 1.54) is 39.2 Å². The van der Waals surface area contributed by atoms with Gasteiger partial charge in [0, 0.05) is 19.0 Å². The van der Waals surface area contributed by atoms with E-state index in [9.17, 15) is 9.59 Å². The molecule has 1 unspecified atom stereocenters. The van der Waals surface area contributed by atoms with Gasteiger partial charge in [-0.2, -0.15) is 0 Å². The van der Waals surface area contributed by atoms with Crippen LogP contribution >= 0.6 is 0 Å². The fourth-order valence-electron chi connectivity index (χ4n) is 3.07. The van der Waals surface area contributed by atoms with Gasteiger partial charge in [0.25, 0.3) is 0 Å². The van der Waals surface area contributed by atoms with Crippen LogP contribution < -0.4 is 0 Å². The number of hydrogen-bond donors (Lipinski definition) is 0. The van der Waals surface area contributed by atoms with Gasteiger partial charge in [-0.1, -0.05) is 39.0 Å². The van der Waals surface area contributed by atoms with Crippen molar-refractivity contribution in [2.45, 2.75) is 77.7 Å². The van der Waals surface area contributed by atoms with Crippen molar-refractivity contribution in [3.63, 3.8) is 0 Å². The second-order valence-corrected chi connectivity index (χ2v) is 6.21. The lowest BCUT2D eigenvalue weighted by molar-refractivity contribution is -0.142. The number of hydrogen-bond acceptors (Lipinski definition) is 3. The maximum absolute atomic E-state index is 12.5. The molecule has 0 bridgehead atoms. The van der Waals surface area contributed by atoms with E-state index in [1.807, 2.05) is 4.90 Å². The number of carbonyl (C=O) groups is 2. The van der Waals surface area contributed by atoms with Gasteiger partial charge in [0.15, 0.2) is 0 Å². The fraction of sp³-hybridized carbons (Fsp3) is 0.882. The van der Waals surface area contributed by atoms with Gasteiger partial charge in [-0.05, 0) is 25.7 Å². The standard InChI is InChI=1S/C17H31NO3/c1-4-14(2)18(13-12-17(20)21-3)16(19)11-10-15-8-6-5-7-9-15/h14-15H,4-13H2,1-3H3. The molecule has 1 saturated carbocycles. The van der Waals surface area contributed by atoms with Crippen molar-refractivity contribution in [2.24, 2.45) is 5.92 Å². The zero-order valence-corrected chi connectivity index (χ0v) is 13.9. The van der Waals surface area contributed by atoms with Crippen LogP contribution in [-0.2, 0) is 14.3 Å². The Morgan fingerprint density at radius 2 is 1.86 bits per heavy atom. The minimum absolute atomic E-state index is 0.188. The summed E-state index contributed by atoms with van der Waals surface area (Å²) in [5.41, 5.74) is 0. The zero-order valence-electron chi connectivity index (χ0n) is 13.9. The molecule has 0 saturated heterocycles. The molecule has 21 heavy (non-hydrogen) atoms. The van der Waals surface area contributed by atoms with E-state index in [4.69, 9.17) is 0 Å². The van der Waals surface area contributed by atoms with Crippen LogP contribution in [-0.4, -0.2) is 36.5 Å². The molecular formula is C17H31NO3. The second-order valence-electron chi connectivity index (χ2n) is 6.21. The van der Waals surface area contributed by atoms with Gasteiger partial charge in [0.1, 0.15) is 0 Å². The first-order valence-corrected chi connectivity index (χ1v) is 8.44. The quantitative estimate of drug-likeness (QED) is 0.644. The summed E-state index contributed by atoms with van der Waals surface area (Å²) in [6.45, 7) is 4.60. The Morgan fingerprint density at radius 3 is 2.43 bits per heavy atom. The number of nitrogens with zero attached hydrogens (tertiary/aromatic N) is 1. The van der Waals surface area contributed by atoms with Crippen molar-refractivity contribution >= 4 is 11.9 Å². The fourth-order valence-corrected chi connectivity index (χ4v) is 3.07. The van der Waals surface area contributed by atoms with Gasteiger partial charge in [0.05, 0.1) is 13.5 Å². The number of methoxy groups -OCH3 is 1. The molecule has 1 atom stereocenters. The topological polar surface area (TPSA) is 46.6 Å². The maximum atomic E-state index is 12.5. The third-order valence-electron chi connectivity index (χ3n) is 4.72. The first-order chi connectivity index (χ1) is 10.1. The molecule has 4 heteroatoms. The SMILES string of the molecule is CCC(C)N(CCC(=O)OC)C(=O)CCC1CCCCC1. The summed E-state index contributed by atoms with van der Waals surface area (Å²) in [6, 6.07) is 0.188. The molecule has 0 aromatic rings. The molecule has 1 aliphatic rings. The predicted octanol–water partition coefficient (Wildman–Crippen LogP) is 3.54. The number of rotatable bonds is 8. The molecule has 1 fully saturated rings. The third kappa shape index (κ3) is 6.49. The molecule has 1 amide bonds. The number of esters is 1.